The van der Waals surface area contributed by atoms with Crippen molar-refractivity contribution in [2.45, 2.75) is 13.0 Å². The molecule has 1 aromatic heterocycles. The molecule has 0 saturated carbocycles. The minimum Gasteiger partial charge on any atom is -0.451 e. The van der Waals surface area contributed by atoms with E-state index in [4.69, 9.17) is 4.42 Å². The Morgan fingerprint density at radius 1 is 1.48 bits per heavy atom. The number of benzene rings is 1. The third-order valence-electron chi connectivity index (χ3n) is 3.68. The van der Waals surface area contributed by atoms with Gasteiger partial charge < -0.3 is 14.6 Å². The number of nitro groups is 1. The molecule has 0 radical (unpaired) electrons. The van der Waals surface area contributed by atoms with Crippen molar-refractivity contribution in [2.24, 2.45) is 0 Å². The predicted octanol–water partition coefficient (Wildman–Crippen LogP) is 1.77. The first kappa shape index (κ1) is 13.6. The van der Waals surface area contributed by atoms with Gasteiger partial charge in [0.05, 0.1) is 4.92 Å². The molecule has 1 amide bonds. The van der Waals surface area contributed by atoms with Crippen LogP contribution in [0, 0.1) is 10.1 Å². The second kappa shape index (κ2) is 5.17. The van der Waals surface area contributed by atoms with Crippen molar-refractivity contribution in [2.75, 3.05) is 19.6 Å². The van der Waals surface area contributed by atoms with E-state index in [-0.39, 0.29) is 23.4 Å². The molecule has 0 unspecified atom stereocenters. The number of rotatable bonds is 2. The van der Waals surface area contributed by atoms with Crippen LogP contribution in [0.2, 0.25) is 0 Å². The van der Waals surface area contributed by atoms with Gasteiger partial charge in [0.2, 0.25) is 0 Å². The summed E-state index contributed by atoms with van der Waals surface area (Å²) in [6.45, 7) is 4.09. The second-order valence-corrected chi connectivity index (χ2v) is 5.14. The van der Waals surface area contributed by atoms with E-state index < -0.39 is 4.92 Å². The van der Waals surface area contributed by atoms with E-state index in [2.05, 4.69) is 5.32 Å². The van der Waals surface area contributed by atoms with Gasteiger partial charge in [-0.1, -0.05) is 0 Å². The molecule has 0 spiro atoms. The Morgan fingerprint density at radius 3 is 3.00 bits per heavy atom. The molecule has 0 aliphatic carbocycles. The molecule has 7 nitrogen and oxygen atoms in total. The number of nitro benzene ring substituents is 1. The number of hydrogen-bond acceptors (Lipinski definition) is 5. The Balaban J connectivity index is 1.93. The smallest absolute Gasteiger partial charge is 0.289 e. The third-order valence-corrected chi connectivity index (χ3v) is 3.68. The highest BCUT2D eigenvalue weighted by atomic mass is 16.6. The maximum Gasteiger partial charge on any atom is 0.289 e. The monoisotopic (exact) mass is 289 g/mol. The Morgan fingerprint density at radius 2 is 2.29 bits per heavy atom. The second-order valence-electron chi connectivity index (χ2n) is 5.14. The molecule has 1 N–H and O–H groups in total. The molecular weight excluding hydrogens is 274 g/mol. The normalized spacial score (nSPS) is 18.9. The van der Waals surface area contributed by atoms with E-state index in [1.54, 1.807) is 11.0 Å². The molecule has 7 heteroatoms. The van der Waals surface area contributed by atoms with Crippen LogP contribution in [-0.2, 0) is 0 Å². The topological polar surface area (TPSA) is 88.6 Å². The fourth-order valence-corrected chi connectivity index (χ4v) is 2.53. The molecule has 1 atom stereocenters. The predicted molar refractivity (Wildman–Crippen MR) is 76.2 cm³/mol. The van der Waals surface area contributed by atoms with E-state index in [0.717, 1.165) is 13.1 Å². The van der Waals surface area contributed by atoms with Crippen molar-refractivity contribution in [3.05, 3.63) is 40.1 Å². The fraction of sp³-hybridized carbons (Fsp3) is 0.357. The number of non-ortho nitro benzene ring substituents is 1. The average molecular weight is 289 g/mol. The SMILES string of the molecule is C[C@H]1CNCCN1C(=O)c1cc2cc([N+](=O)[O-])ccc2o1. The van der Waals surface area contributed by atoms with Crippen LogP contribution in [0.25, 0.3) is 11.0 Å². The number of carbonyl (C=O) groups is 1. The highest BCUT2D eigenvalue weighted by molar-refractivity contribution is 5.96. The quantitative estimate of drug-likeness (QED) is 0.672. The molecule has 21 heavy (non-hydrogen) atoms. The summed E-state index contributed by atoms with van der Waals surface area (Å²) in [6, 6.07) is 5.96. The first-order chi connectivity index (χ1) is 10.1. The van der Waals surface area contributed by atoms with Gasteiger partial charge in [0.25, 0.3) is 11.6 Å². The van der Waals surface area contributed by atoms with Gasteiger partial charge in [0.15, 0.2) is 5.76 Å². The van der Waals surface area contributed by atoms with Crippen molar-refractivity contribution in [3.8, 4) is 0 Å². The van der Waals surface area contributed by atoms with Gasteiger partial charge in [-0.15, -0.1) is 0 Å². The Bertz CT molecular complexity index is 709. The van der Waals surface area contributed by atoms with Crippen LogP contribution in [0.1, 0.15) is 17.5 Å². The minimum absolute atomic E-state index is 0.0159. The van der Waals surface area contributed by atoms with Crippen LogP contribution < -0.4 is 5.32 Å². The van der Waals surface area contributed by atoms with Crippen LogP contribution in [-0.4, -0.2) is 41.4 Å². The van der Waals surface area contributed by atoms with Crippen molar-refractivity contribution >= 4 is 22.6 Å². The lowest BCUT2D eigenvalue weighted by Crippen LogP contribution is -2.52. The maximum atomic E-state index is 12.5. The van der Waals surface area contributed by atoms with Gasteiger partial charge >= 0.3 is 0 Å². The van der Waals surface area contributed by atoms with Crippen LogP contribution in [0.4, 0.5) is 5.69 Å². The number of hydrogen-bond donors (Lipinski definition) is 1. The highest BCUT2D eigenvalue weighted by Gasteiger charge is 2.26. The van der Waals surface area contributed by atoms with Crippen LogP contribution in [0.15, 0.2) is 28.7 Å². The van der Waals surface area contributed by atoms with E-state index in [1.807, 2.05) is 6.92 Å². The van der Waals surface area contributed by atoms with Crippen molar-refractivity contribution in [3.63, 3.8) is 0 Å². The lowest BCUT2D eigenvalue weighted by molar-refractivity contribution is -0.384. The fourth-order valence-electron chi connectivity index (χ4n) is 2.53. The summed E-state index contributed by atoms with van der Waals surface area (Å²) in [5, 5.41) is 14.6. The van der Waals surface area contributed by atoms with E-state index in [9.17, 15) is 14.9 Å². The number of piperazine rings is 1. The molecule has 3 rings (SSSR count). The van der Waals surface area contributed by atoms with Crippen LogP contribution in [0.3, 0.4) is 0 Å². The standard InChI is InChI=1S/C14H15N3O4/c1-9-8-15-4-5-16(9)14(18)13-7-10-6-11(17(19)20)2-3-12(10)21-13/h2-3,6-7,9,15H,4-5,8H2,1H3/t9-/m0/s1. The molecule has 110 valence electrons. The zero-order chi connectivity index (χ0) is 15.0. The third kappa shape index (κ3) is 2.47. The summed E-state index contributed by atoms with van der Waals surface area (Å²) in [4.78, 5) is 24.5. The lowest BCUT2D eigenvalue weighted by atomic mass is 10.2. The highest BCUT2D eigenvalue weighted by Crippen LogP contribution is 2.25. The zero-order valence-corrected chi connectivity index (χ0v) is 11.5. The number of carbonyl (C=O) groups excluding carboxylic acids is 1. The molecule has 1 fully saturated rings. The van der Waals surface area contributed by atoms with Crippen molar-refractivity contribution in [1.82, 2.24) is 10.2 Å². The van der Waals surface area contributed by atoms with Crippen LogP contribution in [0.5, 0.6) is 0 Å². The molecule has 1 aromatic carbocycles. The van der Waals surface area contributed by atoms with Gasteiger partial charge in [0, 0.05) is 43.2 Å². The Hall–Kier alpha value is -2.41. The van der Waals surface area contributed by atoms with Gasteiger partial charge in [-0.3, -0.25) is 14.9 Å². The molecule has 1 saturated heterocycles. The van der Waals surface area contributed by atoms with Gasteiger partial charge in [-0.25, -0.2) is 0 Å². The largest absolute Gasteiger partial charge is 0.451 e. The Kier molecular flexibility index (Phi) is 3.34. The summed E-state index contributed by atoms with van der Waals surface area (Å²) < 4.78 is 5.53. The summed E-state index contributed by atoms with van der Waals surface area (Å²) >= 11 is 0. The maximum absolute atomic E-state index is 12.5. The van der Waals surface area contributed by atoms with E-state index in [0.29, 0.717) is 17.5 Å². The zero-order valence-electron chi connectivity index (χ0n) is 11.5. The molecule has 2 aromatic rings. The lowest BCUT2D eigenvalue weighted by Gasteiger charge is -2.33. The summed E-state index contributed by atoms with van der Waals surface area (Å²) in [5.74, 6) is 0.0436. The van der Waals surface area contributed by atoms with Crippen LogP contribution >= 0.6 is 0 Å². The summed E-state index contributed by atoms with van der Waals surface area (Å²) in [5.41, 5.74) is 0.463. The summed E-state index contributed by atoms with van der Waals surface area (Å²) in [6.07, 6.45) is 0. The van der Waals surface area contributed by atoms with Gasteiger partial charge in [-0.05, 0) is 19.1 Å². The van der Waals surface area contributed by atoms with E-state index in [1.165, 1.54) is 18.2 Å². The minimum atomic E-state index is -0.466. The van der Waals surface area contributed by atoms with Gasteiger partial charge in [0.1, 0.15) is 5.58 Å². The van der Waals surface area contributed by atoms with E-state index >= 15 is 0 Å². The molecule has 0 bridgehead atoms. The first-order valence-corrected chi connectivity index (χ1v) is 6.76. The Labute approximate surface area is 120 Å². The van der Waals surface area contributed by atoms with Crippen molar-refractivity contribution in [1.29, 1.82) is 0 Å². The molecule has 1 aliphatic heterocycles. The summed E-state index contributed by atoms with van der Waals surface area (Å²) in [7, 11) is 0. The van der Waals surface area contributed by atoms with Gasteiger partial charge in [-0.2, -0.15) is 0 Å². The number of amides is 1. The molecule has 2 heterocycles. The number of furan rings is 1. The van der Waals surface area contributed by atoms with Crippen molar-refractivity contribution < 1.29 is 14.1 Å². The average Bonchev–Trinajstić information content (AvgIpc) is 2.89. The first-order valence-electron chi connectivity index (χ1n) is 6.76. The molecular formula is C14H15N3O4. The number of fused-ring (bicyclic) bond motifs is 1. The molecule has 1 aliphatic rings. The number of nitrogens with zero attached hydrogens (tertiary/aromatic N) is 2. The number of nitrogens with one attached hydrogen (secondary N) is 1.